The normalized spacial score (nSPS) is 12.7. The molecule has 0 saturated carbocycles. The highest BCUT2D eigenvalue weighted by atomic mass is 32.2. The Hall–Kier alpha value is -2.87. The molecule has 2 heterocycles. The first-order valence-electron chi connectivity index (χ1n) is 8.45. The summed E-state index contributed by atoms with van der Waals surface area (Å²) >= 11 is 1.24. The van der Waals surface area contributed by atoms with Gasteiger partial charge < -0.3 is 14.7 Å². The van der Waals surface area contributed by atoms with E-state index in [1.54, 1.807) is 32.2 Å². The quantitative estimate of drug-likeness (QED) is 0.317. The number of esters is 1. The van der Waals surface area contributed by atoms with Gasteiger partial charge in [0.2, 0.25) is 0 Å². The number of H-pyrrole nitrogens is 2. The van der Waals surface area contributed by atoms with Crippen LogP contribution in [-0.2, 0) is 9.53 Å². The Labute approximate surface area is 157 Å². The topological polar surface area (TPSA) is 87.8 Å². The van der Waals surface area contributed by atoms with Gasteiger partial charge in [-0.3, -0.25) is 9.59 Å². The van der Waals surface area contributed by atoms with Crippen molar-refractivity contribution in [1.82, 2.24) is 15.0 Å². The van der Waals surface area contributed by atoms with E-state index >= 15 is 0 Å². The Morgan fingerprint density at radius 2 is 2.11 bits per heavy atom. The minimum Gasteiger partial charge on any atom is -0.465 e. The number of nitrogens with one attached hydrogen (secondary N) is 2. The standard InChI is InChI=1S/C19H16FN3O3S/c1-3-26-18(25)9(2)27-19-22-15-11-5-4-10(20)8-13(11)14-12(16(15)23-19)6-7-21-17(14)24/h4-9H,3H2,1-2H3,(H,21,24)(H,22,23). The van der Waals surface area contributed by atoms with E-state index in [9.17, 15) is 14.0 Å². The first kappa shape index (κ1) is 17.5. The Bertz CT molecular complexity index is 1250. The molecule has 0 aliphatic heterocycles. The van der Waals surface area contributed by atoms with Crippen LogP contribution in [0.15, 0.2) is 40.4 Å². The maximum Gasteiger partial charge on any atom is 0.319 e. The fraction of sp³-hybridized carbons (Fsp3) is 0.211. The number of aromatic amines is 2. The summed E-state index contributed by atoms with van der Waals surface area (Å²) < 4.78 is 18.9. The van der Waals surface area contributed by atoms with Crippen molar-refractivity contribution in [3.63, 3.8) is 0 Å². The summed E-state index contributed by atoms with van der Waals surface area (Å²) in [5.41, 5.74) is 1.00. The van der Waals surface area contributed by atoms with E-state index in [0.717, 1.165) is 0 Å². The maximum absolute atomic E-state index is 13.8. The van der Waals surface area contributed by atoms with E-state index in [-0.39, 0.29) is 11.5 Å². The first-order chi connectivity index (χ1) is 13.0. The number of carbonyl (C=O) groups is 1. The van der Waals surface area contributed by atoms with Crippen molar-refractivity contribution in [1.29, 1.82) is 0 Å². The fourth-order valence-corrected chi connectivity index (χ4v) is 3.96. The molecule has 0 amide bonds. The average molecular weight is 385 g/mol. The molecular weight excluding hydrogens is 369 g/mol. The Balaban J connectivity index is 1.97. The second kappa shape index (κ2) is 6.70. The number of rotatable bonds is 4. The van der Waals surface area contributed by atoms with Gasteiger partial charge in [-0.05, 0) is 38.1 Å². The Morgan fingerprint density at radius 1 is 1.30 bits per heavy atom. The van der Waals surface area contributed by atoms with Crippen molar-refractivity contribution in [3.8, 4) is 0 Å². The molecule has 0 radical (unpaired) electrons. The van der Waals surface area contributed by atoms with Crippen molar-refractivity contribution < 1.29 is 13.9 Å². The third-order valence-corrected chi connectivity index (χ3v) is 5.29. The average Bonchev–Trinajstić information content (AvgIpc) is 3.05. The van der Waals surface area contributed by atoms with Crippen molar-refractivity contribution in [2.24, 2.45) is 0 Å². The van der Waals surface area contributed by atoms with Crippen LogP contribution in [0.3, 0.4) is 0 Å². The predicted molar refractivity (Wildman–Crippen MR) is 104 cm³/mol. The fourth-order valence-electron chi connectivity index (χ4n) is 3.16. The van der Waals surface area contributed by atoms with Gasteiger partial charge >= 0.3 is 5.97 Å². The second-order valence-corrected chi connectivity index (χ2v) is 7.39. The van der Waals surface area contributed by atoms with Crippen molar-refractivity contribution in [3.05, 3.63) is 46.6 Å². The van der Waals surface area contributed by atoms with Gasteiger partial charge in [-0.1, -0.05) is 11.8 Å². The van der Waals surface area contributed by atoms with Gasteiger partial charge in [0.05, 0.1) is 23.0 Å². The Morgan fingerprint density at radius 3 is 2.89 bits per heavy atom. The molecular formula is C19H16FN3O3S. The number of imidazole rings is 1. The van der Waals surface area contributed by atoms with E-state index in [4.69, 9.17) is 4.74 Å². The number of aromatic nitrogens is 3. The number of benzene rings is 2. The van der Waals surface area contributed by atoms with Crippen LogP contribution in [0.1, 0.15) is 13.8 Å². The highest BCUT2D eigenvalue weighted by molar-refractivity contribution is 8.00. The molecule has 0 saturated heterocycles. The van der Waals surface area contributed by atoms with Crippen LogP contribution in [-0.4, -0.2) is 32.8 Å². The van der Waals surface area contributed by atoms with Gasteiger partial charge in [-0.15, -0.1) is 0 Å². The zero-order valence-corrected chi connectivity index (χ0v) is 15.4. The molecule has 1 unspecified atom stereocenters. The SMILES string of the molecule is CCOC(=O)C(C)Sc1nc2c3ccc(F)cc3c3c(=O)[nH]ccc3c2[nH]1. The van der Waals surface area contributed by atoms with E-state index in [2.05, 4.69) is 15.0 Å². The molecule has 1 atom stereocenters. The van der Waals surface area contributed by atoms with Crippen LogP contribution in [0, 0.1) is 5.82 Å². The van der Waals surface area contributed by atoms with Gasteiger partial charge in [-0.25, -0.2) is 9.37 Å². The predicted octanol–water partition coefficient (Wildman–Crippen LogP) is 3.74. The van der Waals surface area contributed by atoms with Gasteiger partial charge in [-0.2, -0.15) is 0 Å². The smallest absolute Gasteiger partial charge is 0.319 e. The monoisotopic (exact) mass is 385 g/mol. The van der Waals surface area contributed by atoms with Crippen LogP contribution in [0.2, 0.25) is 0 Å². The van der Waals surface area contributed by atoms with Crippen LogP contribution >= 0.6 is 11.8 Å². The van der Waals surface area contributed by atoms with E-state index in [1.807, 2.05) is 0 Å². The van der Waals surface area contributed by atoms with E-state index < -0.39 is 11.1 Å². The maximum atomic E-state index is 13.8. The third-order valence-electron chi connectivity index (χ3n) is 4.33. The second-order valence-electron chi connectivity index (χ2n) is 6.06. The van der Waals surface area contributed by atoms with Crippen LogP contribution < -0.4 is 5.56 Å². The third kappa shape index (κ3) is 2.95. The molecule has 2 N–H and O–H groups in total. The molecule has 8 heteroatoms. The lowest BCUT2D eigenvalue weighted by molar-refractivity contribution is -0.142. The largest absolute Gasteiger partial charge is 0.465 e. The molecule has 2 aromatic carbocycles. The van der Waals surface area contributed by atoms with Crippen molar-refractivity contribution in [2.75, 3.05) is 6.61 Å². The molecule has 138 valence electrons. The number of nitrogens with zero attached hydrogens (tertiary/aromatic N) is 1. The minimum absolute atomic E-state index is 0.298. The molecule has 4 aromatic rings. The molecule has 27 heavy (non-hydrogen) atoms. The molecule has 0 aliphatic rings. The molecule has 0 bridgehead atoms. The number of hydrogen-bond acceptors (Lipinski definition) is 5. The zero-order chi connectivity index (χ0) is 19.1. The van der Waals surface area contributed by atoms with E-state index in [0.29, 0.717) is 44.3 Å². The van der Waals surface area contributed by atoms with Gasteiger partial charge in [0.25, 0.3) is 5.56 Å². The molecule has 0 spiro atoms. The van der Waals surface area contributed by atoms with E-state index in [1.165, 1.54) is 23.9 Å². The molecule has 0 aliphatic carbocycles. The molecule has 0 fully saturated rings. The number of fused-ring (bicyclic) bond motifs is 6. The van der Waals surface area contributed by atoms with Crippen LogP contribution in [0.25, 0.3) is 32.6 Å². The van der Waals surface area contributed by atoms with Crippen molar-refractivity contribution in [2.45, 2.75) is 24.3 Å². The summed E-state index contributed by atoms with van der Waals surface area (Å²) in [6, 6.07) is 6.05. The minimum atomic E-state index is -0.441. The summed E-state index contributed by atoms with van der Waals surface area (Å²) in [6.07, 6.45) is 1.55. The number of ether oxygens (including phenoxy) is 1. The highest BCUT2D eigenvalue weighted by Crippen LogP contribution is 2.34. The number of pyridine rings is 1. The first-order valence-corrected chi connectivity index (χ1v) is 9.33. The highest BCUT2D eigenvalue weighted by Gasteiger charge is 2.20. The lowest BCUT2D eigenvalue weighted by Crippen LogP contribution is -2.16. The number of halogens is 1. The summed E-state index contributed by atoms with van der Waals surface area (Å²) in [5.74, 6) is -0.747. The number of thioether (sulfide) groups is 1. The van der Waals surface area contributed by atoms with Gasteiger partial charge in [0.15, 0.2) is 5.16 Å². The number of carbonyl (C=O) groups excluding carboxylic acids is 1. The van der Waals surface area contributed by atoms with Gasteiger partial charge in [0.1, 0.15) is 11.1 Å². The molecule has 4 rings (SSSR count). The lowest BCUT2D eigenvalue weighted by atomic mass is 10.0. The Kier molecular flexibility index (Phi) is 4.35. The summed E-state index contributed by atoms with van der Waals surface area (Å²) in [5, 5.41) is 2.31. The van der Waals surface area contributed by atoms with Crippen LogP contribution in [0.4, 0.5) is 4.39 Å². The lowest BCUT2D eigenvalue weighted by Gasteiger charge is -2.07. The molecule has 2 aromatic heterocycles. The molecule has 6 nitrogen and oxygen atoms in total. The van der Waals surface area contributed by atoms with Gasteiger partial charge in [0, 0.05) is 22.4 Å². The van der Waals surface area contributed by atoms with Crippen LogP contribution in [0.5, 0.6) is 0 Å². The summed E-state index contributed by atoms with van der Waals surface area (Å²) in [7, 11) is 0. The number of hydrogen-bond donors (Lipinski definition) is 2. The van der Waals surface area contributed by atoms with Crippen molar-refractivity contribution >= 4 is 50.3 Å². The summed E-state index contributed by atoms with van der Waals surface area (Å²) in [6.45, 7) is 3.81. The summed E-state index contributed by atoms with van der Waals surface area (Å²) in [4.78, 5) is 34.7. The zero-order valence-electron chi connectivity index (χ0n) is 14.6.